The molecule has 2 unspecified atom stereocenters. The van der Waals surface area contributed by atoms with Gasteiger partial charge in [0, 0.05) is 0 Å². The van der Waals surface area contributed by atoms with Crippen molar-refractivity contribution in [3.8, 4) is 5.75 Å². The Balaban J connectivity index is 0.00000128. The Morgan fingerprint density at radius 1 is 1.19 bits per heavy atom. The van der Waals surface area contributed by atoms with E-state index < -0.39 is 24.1 Å². The molecule has 2 atom stereocenters. The van der Waals surface area contributed by atoms with Crippen LogP contribution in [-0.2, 0) is 14.3 Å². The number of rotatable bonds is 3. The van der Waals surface area contributed by atoms with Crippen LogP contribution in [0.3, 0.4) is 0 Å². The second-order valence-corrected chi connectivity index (χ2v) is 3.03. The molecular formula is C10H7KO5. The molecule has 1 saturated heterocycles. The van der Waals surface area contributed by atoms with Crippen LogP contribution < -0.4 is 61.2 Å². The Kier molecular flexibility index (Phi) is 5.10. The van der Waals surface area contributed by atoms with Gasteiger partial charge in [0.15, 0.2) is 6.10 Å². The second-order valence-electron chi connectivity index (χ2n) is 3.03. The summed E-state index contributed by atoms with van der Waals surface area (Å²) < 4.78 is 9.44. The molecule has 1 aromatic carbocycles. The van der Waals surface area contributed by atoms with Gasteiger partial charge in [-0.05, 0) is 12.1 Å². The predicted molar refractivity (Wildman–Crippen MR) is 45.7 cm³/mol. The van der Waals surface area contributed by atoms with Crippen LogP contribution in [0.2, 0.25) is 0 Å². The maximum atomic E-state index is 11.3. The van der Waals surface area contributed by atoms with Crippen molar-refractivity contribution in [2.75, 3.05) is 0 Å². The van der Waals surface area contributed by atoms with E-state index in [2.05, 4.69) is 4.74 Å². The molecule has 0 N–H and O–H groups in total. The summed E-state index contributed by atoms with van der Waals surface area (Å²) in [5.74, 6) is -1.75. The Morgan fingerprint density at radius 3 is 2.31 bits per heavy atom. The molecule has 78 valence electrons. The molecule has 0 aliphatic carbocycles. The molecular weight excluding hydrogens is 239 g/mol. The first kappa shape index (κ1) is 13.8. The monoisotopic (exact) mass is 246 g/mol. The van der Waals surface area contributed by atoms with Crippen molar-refractivity contribution in [2.24, 2.45) is 0 Å². The Labute approximate surface area is 134 Å². The number of ether oxygens (including phenoxy) is 2. The fourth-order valence-corrected chi connectivity index (χ4v) is 1.13. The van der Waals surface area contributed by atoms with Crippen molar-refractivity contribution in [2.45, 2.75) is 12.2 Å². The zero-order valence-corrected chi connectivity index (χ0v) is 11.7. The van der Waals surface area contributed by atoms with Crippen LogP contribution in [0.25, 0.3) is 0 Å². The molecule has 1 heterocycles. The molecule has 1 aliphatic heterocycles. The molecule has 2 rings (SSSR count). The van der Waals surface area contributed by atoms with E-state index in [1.165, 1.54) is 0 Å². The minimum Gasteiger partial charge on any atom is -0.547 e. The molecule has 0 amide bonds. The van der Waals surface area contributed by atoms with E-state index in [4.69, 9.17) is 4.74 Å². The molecule has 6 heteroatoms. The summed E-state index contributed by atoms with van der Waals surface area (Å²) in [6, 6.07) is 8.36. The standard InChI is InChI=1S/C10H8O5.K/c11-9(12)7-8(15-7)10(13)14-6-4-2-1-3-5-6;/h1-5,7-8H,(H,11,12);/q;+1/p-1. The number of carboxylic acids is 1. The summed E-state index contributed by atoms with van der Waals surface area (Å²) in [4.78, 5) is 21.5. The Morgan fingerprint density at radius 2 is 1.81 bits per heavy atom. The van der Waals surface area contributed by atoms with Gasteiger partial charge in [-0.15, -0.1) is 0 Å². The van der Waals surface area contributed by atoms with Crippen molar-refractivity contribution in [1.29, 1.82) is 0 Å². The predicted octanol–water partition coefficient (Wildman–Crippen LogP) is -3.89. The van der Waals surface area contributed by atoms with Crippen LogP contribution in [0, 0.1) is 0 Å². The normalized spacial score (nSPS) is 21.8. The van der Waals surface area contributed by atoms with Crippen molar-refractivity contribution in [3.63, 3.8) is 0 Å². The Bertz CT molecular complexity index is 391. The van der Waals surface area contributed by atoms with Crippen molar-refractivity contribution < 1.29 is 75.6 Å². The molecule has 0 spiro atoms. The van der Waals surface area contributed by atoms with Crippen LogP contribution in [0.5, 0.6) is 5.75 Å². The zero-order chi connectivity index (χ0) is 10.8. The fourth-order valence-electron chi connectivity index (χ4n) is 1.13. The largest absolute Gasteiger partial charge is 1.00 e. The number of hydrogen-bond acceptors (Lipinski definition) is 5. The number of aliphatic carboxylic acids is 1. The number of carboxylic acid groups (broad SMARTS) is 1. The van der Waals surface area contributed by atoms with Gasteiger partial charge in [0.25, 0.3) is 0 Å². The third kappa shape index (κ3) is 3.37. The van der Waals surface area contributed by atoms with Crippen LogP contribution in [0.15, 0.2) is 30.3 Å². The SMILES string of the molecule is O=C([O-])C1OC1C(=O)Oc1ccccc1.[K+]. The van der Waals surface area contributed by atoms with Crippen molar-refractivity contribution in [1.82, 2.24) is 0 Å². The summed E-state index contributed by atoms with van der Waals surface area (Å²) in [5, 5.41) is 10.3. The number of hydrogen-bond donors (Lipinski definition) is 0. The van der Waals surface area contributed by atoms with E-state index in [1.807, 2.05) is 0 Å². The summed E-state index contributed by atoms with van der Waals surface area (Å²) in [5.41, 5.74) is 0. The molecule has 16 heavy (non-hydrogen) atoms. The van der Waals surface area contributed by atoms with E-state index in [0.717, 1.165) is 0 Å². The van der Waals surface area contributed by atoms with Gasteiger partial charge in [-0.3, -0.25) is 0 Å². The molecule has 5 nitrogen and oxygen atoms in total. The average molecular weight is 246 g/mol. The third-order valence-electron chi connectivity index (χ3n) is 1.92. The molecule has 0 radical (unpaired) electrons. The zero-order valence-electron chi connectivity index (χ0n) is 8.58. The first-order valence-electron chi connectivity index (χ1n) is 4.31. The average Bonchev–Trinajstić information content (AvgIpc) is 2.98. The minimum absolute atomic E-state index is 0. The topological polar surface area (TPSA) is 79.0 Å². The minimum atomic E-state index is -1.40. The van der Waals surface area contributed by atoms with E-state index in [-0.39, 0.29) is 51.4 Å². The quantitative estimate of drug-likeness (QED) is 0.236. The first-order valence-corrected chi connectivity index (χ1v) is 4.31. The smallest absolute Gasteiger partial charge is 0.547 e. The van der Waals surface area contributed by atoms with E-state index in [0.29, 0.717) is 5.75 Å². The molecule has 1 aromatic rings. The van der Waals surface area contributed by atoms with E-state index in [1.54, 1.807) is 30.3 Å². The number of esters is 1. The van der Waals surface area contributed by atoms with Gasteiger partial charge in [0.05, 0.1) is 5.97 Å². The molecule has 0 saturated carbocycles. The van der Waals surface area contributed by atoms with Gasteiger partial charge in [-0.2, -0.15) is 0 Å². The van der Waals surface area contributed by atoms with Gasteiger partial charge in [-0.25, -0.2) is 4.79 Å². The van der Waals surface area contributed by atoms with Gasteiger partial charge in [0.1, 0.15) is 11.9 Å². The summed E-state index contributed by atoms with van der Waals surface area (Å²) in [7, 11) is 0. The van der Waals surface area contributed by atoms with Gasteiger partial charge >= 0.3 is 57.4 Å². The third-order valence-corrected chi connectivity index (χ3v) is 1.92. The van der Waals surface area contributed by atoms with Gasteiger partial charge < -0.3 is 19.4 Å². The van der Waals surface area contributed by atoms with Crippen LogP contribution in [-0.4, -0.2) is 24.1 Å². The number of para-hydroxylation sites is 1. The van der Waals surface area contributed by atoms with E-state index >= 15 is 0 Å². The number of carbonyl (C=O) groups excluding carboxylic acids is 2. The second kappa shape index (κ2) is 5.90. The summed E-state index contributed by atoms with van der Waals surface area (Å²) in [6.07, 6.45) is -2.20. The molecule has 1 fully saturated rings. The number of epoxide rings is 1. The number of benzene rings is 1. The Hall–Kier alpha value is -0.244. The fraction of sp³-hybridized carbons (Fsp3) is 0.200. The van der Waals surface area contributed by atoms with Crippen LogP contribution in [0.1, 0.15) is 0 Å². The van der Waals surface area contributed by atoms with Crippen molar-refractivity contribution >= 4 is 11.9 Å². The van der Waals surface area contributed by atoms with Crippen LogP contribution >= 0.6 is 0 Å². The van der Waals surface area contributed by atoms with Crippen LogP contribution in [0.4, 0.5) is 0 Å². The maximum absolute atomic E-state index is 11.3. The van der Waals surface area contributed by atoms with Gasteiger partial charge in [-0.1, -0.05) is 18.2 Å². The van der Waals surface area contributed by atoms with E-state index in [9.17, 15) is 14.7 Å². The molecule has 0 aromatic heterocycles. The molecule has 1 aliphatic rings. The summed E-state index contributed by atoms with van der Waals surface area (Å²) in [6.45, 7) is 0. The number of carbonyl (C=O) groups is 2. The summed E-state index contributed by atoms with van der Waals surface area (Å²) >= 11 is 0. The van der Waals surface area contributed by atoms with Gasteiger partial charge in [0.2, 0.25) is 0 Å². The molecule has 0 bridgehead atoms. The van der Waals surface area contributed by atoms with Crippen molar-refractivity contribution in [3.05, 3.63) is 30.3 Å². The first-order chi connectivity index (χ1) is 7.18. The maximum Gasteiger partial charge on any atom is 1.00 e.